The fourth-order valence-corrected chi connectivity index (χ4v) is 3.08. The lowest BCUT2D eigenvalue weighted by Gasteiger charge is -2.09. The van der Waals surface area contributed by atoms with Gasteiger partial charge in [-0.3, -0.25) is 0 Å². The van der Waals surface area contributed by atoms with Crippen LogP contribution >= 0.6 is 0 Å². The van der Waals surface area contributed by atoms with Crippen LogP contribution in [0.5, 0.6) is 5.75 Å². The molecule has 25 heavy (non-hydrogen) atoms. The summed E-state index contributed by atoms with van der Waals surface area (Å²) in [5, 5.41) is 6.49. The minimum atomic E-state index is 0.285. The van der Waals surface area contributed by atoms with E-state index in [0.717, 1.165) is 31.2 Å². The summed E-state index contributed by atoms with van der Waals surface area (Å²) in [7, 11) is 0. The third-order valence-electron chi connectivity index (χ3n) is 4.29. The number of guanidine groups is 1. The summed E-state index contributed by atoms with van der Waals surface area (Å²) in [5.41, 5.74) is 4.98. The maximum atomic E-state index is 5.78. The first kappa shape index (κ1) is 17.3. The molecule has 0 radical (unpaired) electrons. The Morgan fingerprint density at radius 3 is 2.40 bits per heavy atom. The van der Waals surface area contributed by atoms with Crippen LogP contribution in [0.25, 0.3) is 11.1 Å². The van der Waals surface area contributed by atoms with E-state index in [1.165, 1.54) is 22.3 Å². The zero-order valence-electron chi connectivity index (χ0n) is 15.3. The van der Waals surface area contributed by atoms with Crippen LogP contribution in [-0.4, -0.2) is 25.2 Å². The van der Waals surface area contributed by atoms with Gasteiger partial charge in [0.2, 0.25) is 0 Å². The molecule has 1 aliphatic rings. The van der Waals surface area contributed by atoms with Crippen molar-refractivity contribution in [1.82, 2.24) is 10.6 Å². The molecule has 4 nitrogen and oxygen atoms in total. The van der Waals surface area contributed by atoms with Crippen molar-refractivity contribution in [3.05, 3.63) is 53.6 Å². The number of rotatable bonds is 5. The highest BCUT2D eigenvalue weighted by Crippen LogP contribution is 2.32. The average Bonchev–Trinajstić information content (AvgIpc) is 2.99. The monoisotopic (exact) mass is 337 g/mol. The highest BCUT2D eigenvalue weighted by molar-refractivity contribution is 5.79. The topological polar surface area (TPSA) is 45.7 Å². The van der Waals surface area contributed by atoms with Gasteiger partial charge in [-0.25, -0.2) is 4.99 Å². The lowest BCUT2D eigenvalue weighted by atomic mass is 10.00. The van der Waals surface area contributed by atoms with E-state index in [2.05, 4.69) is 78.9 Å². The second-order valence-electron chi connectivity index (χ2n) is 6.38. The highest BCUT2D eigenvalue weighted by Gasteiger charge is 2.19. The Hall–Kier alpha value is -2.49. The third kappa shape index (κ3) is 4.32. The first-order chi connectivity index (χ1) is 12.2. The van der Waals surface area contributed by atoms with Crippen LogP contribution in [0.2, 0.25) is 0 Å². The summed E-state index contributed by atoms with van der Waals surface area (Å²) in [4.78, 5) is 4.61. The van der Waals surface area contributed by atoms with Crippen molar-refractivity contribution in [2.24, 2.45) is 4.99 Å². The van der Waals surface area contributed by atoms with Gasteiger partial charge in [0.1, 0.15) is 11.9 Å². The second kappa shape index (κ2) is 8.06. The van der Waals surface area contributed by atoms with Crippen molar-refractivity contribution in [3.63, 3.8) is 0 Å². The van der Waals surface area contributed by atoms with Gasteiger partial charge in [-0.05, 0) is 55.2 Å². The Morgan fingerprint density at radius 2 is 1.72 bits per heavy atom. The van der Waals surface area contributed by atoms with Crippen LogP contribution in [0.1, 0.15) is 31.9 Å². The van der Waals surface area contributed by atoms with Crippen molar-refractivity contribution in [1.29, 1.82) is 0 Å². The van der Waals surface area contributed by atoms with Crippen LogP contribution < -0.4 is 15.4 Å². The van der Waals surface area contributed by atoms with Crippen LogP contribution in [0.15, 0.2) is 47.5 Å². The lowest BCUT2D eigenvalue weighted by molar-refractivity contribution is 0.254. The molecule has 0 spiro atoms. The third-order valence-corrected chi connectivity index (χ3v) is 4.29. The van der Waals surface area contributed by atoms with Crippen molar-refractivity contribution in [3.8, 4) is 16.9 Å². The molecule has 0 saturated heterocycles. The Bertz CT molecular complexity index is 729. The van der Waals surface area contributed by atoms with Crippen LogP contribution in [-0.2, 0) is 13.0 Å². The maximum Gasteiger partial charge on any atom is 0.191 e. The molecule has 3 rings (SSSR count). The molecule has 0 amide bonds. The van der Waals surface area contributed by atoms with Gasteiger partial charge in [0.15, 0.2) is 5.96 Å². The number of hydrogen-bond donors (Lipinski definition) is 2. The van der Waals surface area contributed by atoms with E-state index in [-0.39, 0.29) is 6.10 Å². The molecular weight excluding hydrogens is 310 g/mol. The Kier molecular flexibility index (Phi) is 5.59. The van der Waals surface area contributed by atoms with Gasteiger partial charge >= 0.3 is 0 Å². The Morgan fingerprint density at radius 1 is 1.04 bits per heavy atom. The highest BCUT2D eigenvalue weighted by atomic mass is 16.5. The SMILES string of the molecule is CCNC(=NCc1ccc(-c2ccc3c(c2)CC(C)O3)cc1)NCC. The van der Waals surface area contributed by atoms with Crippen molar-refractivity contribution >= 4 is 5.96 Å². The maximum absolute atomic E-state index is 5.78. The standard InChI is InChI=1S/C21H27N3O/c1-4-22-21(23-5-2)24-14-16-6-8-17(9-7-16)18-10-11-20-19(13-18)12-15(3)25-20/h6-11,13,15H,4-5,12,14H2,1-3H3,(H2,22,23,24). The van der Waals surface area contributed by atoms with Crippen LogP contribution in [0.4, 0.5) is 0 Å². The molecule has 0 aliphatic carbocycles. The number of hydrogen-bond acceptors (Lipinski definition) is 2. The predicted octanol–water partition coefficient (Wildman–Crippen LogP) is 3.75. The summed E-state index contributed by atoms with van der Waals surface area (Å²) in [6, 6.07) is 15.1. The molecule has 0 saturated carbocycles. The first-order valence-electron chi connectivity index (χ1n) is 9.10. The average molecular weight is 337 g/mol. The predicted molar refractivity (Wildman–Crippen MR) is 104 cm³/mol. The molecule has 1 heterocycles. The van der Waals surface area contributed by atoms with E-state index in [1.54, 1.807) is 0 Å². The molecule has 4 heteroatoms. The number of fused-ring (bicyclic) bond motifs is 1. The molecule has 2 aromatic carbocycles. The zero-order chi connectivity index (χ0) is 17.6. The van der Waals surface area contributed by atoms with E-state index >= 15 is 0 Å². The summed E-state index contributed by atoms with van der Waals surface area (Å²) in [6.07, 6.45) is 1.28. The van der Waals surface area contributed by atoms with Crippen molar-refractivity contribution in [2.75, 3.05) is 13.1 Å². The molecule has 2 aromatic rings. The first-order valence-corrected chi connectivity index (χ1v) is 9.10. The zero-order valence-corrected chi connectivity index (χ0v) is 15.3. The summed E-state index contributed by atoms with van der Waals surface area (Å²) < 4.78 is 5.78. The van der Waals surface area contributed by atoms with Gasteiger partial charge in [-0.1, -0.05) is 30.3 Å². The molecule has 1 atom stereocenters. The quantitative estimate of drug-likeness (QED) is 0.645. The second-order valence-corrected chi connectivity index (χ2v) is 6.38. The molecule has 132 valence electrons. The fourth-order valence-electron chi connectivity index (χ4n) is 3.08. The minimum absolute atomic E-state index is 0.285. The van der Waals surface area contributed by atoms with E-state index in [4.69, 9.17) is 4.74 Å². The summed E-state index contributed by atoms with van der Waals surface area (Å²) >= 11 is 0. The van der Waals surface area contributed by atoms with Crippen LogP contribution in [0, 0.1) is 0 Å². The number of nitrogens with one attached hydrogen (secondary N) is 2. The molecule has 0 fully saturated rings. The fraction of sp³-hybridized carbons (Fsp3) is 0.381. The summed E-state index contributed by atoms with van der Waals surface area (Å²) in [5.74, 6) is 1.89. The lowest BCUT2D eigenvalue weighted by Crippen LogP contribution is -2.36. The van der Waals surface area contributed by atoms with Gasteiger partial charge in [0, 0.05) is 19.5 Å². The number of nitrogens with zero attached hydrogens (tertiary/aromatic N) is 1. The number of aliphatic imine (C=N–C) groups is 1. The van der Waals surface area contributed by atoms with E-state index in [0.29, 0.717) is 6.54 Å². The largest absolute Gasteiger partial charge is 0.490 e. The molecule has 1 unspecified atom stereocenters. The Labute approximate surface area is 150 Å². The normalized spacial score (nSPS) is 15.2. The molecule has 0 aromatic heterocycles. The molecular formula is C21H27N3O. The van der Waals surface area contributed by atoms with E-state index in [1.807, 2.05) is 0 Å². The smallest absolute Gasteiger partial charge is 0.191 e. The van der Waals surface area contributed by atoms with Gasteiger partial charge in [-0.15, -0.1) is 0 Å². The van der Waals surface area contributed by atoms with E-state index < -0.39 is 0 Å². The molecule has 2 N–H and O–H groups in total. The molecule has 0 bridgehead atoms. The van der Waals surface area contributed by atoms with Gasteiger partial charge in [0.05, 0.1) is 6.54 Å². The van der Waals surface area contributed by atoms with Crippen molar-refractivity contribution in [2.45, 2.75) is 39.8 Å². The van der Waals surface area contributed by atoms with Gasteiger partial charge < -0.3 is 15.4 Å². The van der Waals surface area contributed by atoms with Gasteiger partial charge in [-0.2, -0.15) is 0 Å². The number of ether oxygens (including phenoxy) is 1. The number of benzene rings is 2. The van der Waals surface area contributed by atoms with Gasteiger partial charge in [0.25, 0.3) is 0 Å². The van der Waals surface area contributed by atoms with Crippen LogP contribution in [0.3, 0.4) is 0 Å². The minimum Gasteiger partial charge on any atom is -0.490 e. The van der Waals surface area contributed by atoms with Crippen molar-refractivity contribution < 1.29 is 4.74 Å². The van der Waals surface area contributed by atoms with E-state index in [9.17, 15) is 0 Å². The summed E-state index contributed by atoms with van der Waals surface area (Å²) in [6.45, 7) is 8.67. The Balaban J connectivity index is 1.70. The molecule has 1 aliphatic heterocycles.